The van der Waals surface area contributed by atoms with Crippen LogP contribution in [0.4, 0.5) is 0 Å². The van der Waals surface area contributed by atoms with Crippen LogP contribution >= 0.6 is 15.9 Å². The van der Waals surface area contributed by atoms with Gasteiger partial charge in [-0.1, -0.05) is 15.9 Å². The minimum atomic E-state index is -1.20. The number of alkyl halides is 1. The van der Waals surface area contributed by atoms with Crippen molar-refractivity contribution in [2.24, 2.45) is 0 Å². The quantitative estimate of drug-likeness (QED) is 0.344. The molecular formula is C30H53BrO7. The van der Waals surface area contributed by atoms with Crippen LogP contribution in [-0.4, -0.2) is 84.3 Å². The molecule has 4 aliphatic rings. The van der Waals surface area contributed by atoms with Gasteiger partial charge in [0.1, 0.15) is 0 Å². The van der Waals surface area contributed by atoms with Crippen LogP contribution in [-0.2, 0) is 18.9 Å². The van der Waals surface area contributed by atoms with Crippen LogP contribution in [0.1, 0.15) is 120 Å². The first-order valence-corrected chi connectivity index (χ1v) is 15.7. The van der Waals surface area contributed by atoms with Gasteiger partial charge in [0.05, 0.1) is 64.1 Å². The molecule has 3 N–H and O–H groups in total. The molecular weight excluding hydrogens is 552 g/mol. The molecule has 4 rings (SSSR count). The van der Waals surface area contributed by atoms with E-state index in [1.807, 2.05) is 0 Å². The summed E-state index contributed by atoms with van der Waals surface area (Å²) in [6, 6.07) is 0. The van der Waals surface area contributed by atoms with Crippen LogP contribution in [0.3, 0.4) is 0 Å². The summed E-state index contributed by atoms with van der Waals surface area (Å²) >= 11 is 3.80. The fourth-order valence-corrected chi connectivity index (χ4v) is 7.57. The van der Waals surface area contributed by atoms with E-state index in [9.17, 15) is 15.3 Å². The monoisotopic (exact) mass is 604 g/mol. The molecule has 0 saturated carbocycles. The molecule has 4 aliphatic heterocycles. The lowest BCUT2D eigenvalue weighted by Crippen LogP contribution is -2.63. The number of rotatable bonds is 7. The second kappa shape index (κ2) is 10.5. The van der Waals surface area contributed by atoms with Gasteiger partial charge in [-0.25, -0.2) is 0 Å². The third-order valence-corrected chi connectivity index (χ3v) is 11.8. The summed E-state index contributed by atoms with van der Waals surface area (Å²) in [5, 5.41) is 31.5. The molecule has 0 aliphatic carbocycles. The van der Waals surface area contributed by atoms with Crippen LogP contribution in [0.5, 0.6) is 0 Å². The largest absolute Gasteiger partial charge is 0.390 e. The third-order valence-electron chi connectivity index (χ3n) is 10.3. The minimum Gasteiger partial charge on any atom is -0.390 e. The second-order valence-corrected chi connectivity index (χ2v) is 15.8. The highest BCUT2D eigenvalue weighted by atomic mass is 79.9. The Kier molecular flexibility index (Phi) is 8.59. The summed E-state index contributed by atoms with van der Waals surface area (Å²) in [4.78, 5) is 0.346. The molecule has 4 saturated heterocycles. The number of halogens is 1. The summed E-state index contributed by atoms with van der Waals surface area (Å²) in [6.45, 7) is 15.8. The van der Waals surface area contributed by atoms with E-state index in [1.54, 1.807) is 20.8 Å². The number of ether oxygens (including phenoxy) is 4. The molecule has 0 aromatic carbocycles. The predicted molar refractivity (Wildman–Crippen MR) is 151 cm³/mol. The van der Waals surface area contributed by atoms with E-state index in [4.69, 9.17) is 18.9 Å². The highest BCUT2D eigenvalue weighted by Crippen LogP contribution is 2.50. The van der Waals surface area contributed by atoms with E-state index in [2.05, 4.69) is 50.5 Å². The topological polar surface area (TPSA) is 97.6 Å². The van der Waals surface area contributed by atoms with Crippen LogP contribution in [0.2, 0.25) is 0 Å². The molecule has 0 radical (unpaired) electrons. The van der Waals surface area contributed by atoms with Gasteiger partial charge in [-0.05, 0) is 120 Å². The van der Waals surface area contributed by atoms with Gasteiger partial charge >= 0.3 is 0 Å². The molecule has 222 valence electrons. The summed E-state index contributed by atoms with van der Waals surface area (Å²) in [5.74, 6) is 0. The highest BCUT2D eigenvalue weighted by Gasteiger charge is 2.57. The van der Waals surface area contributed by atoms with Crippen molar-refractivity contribution < 1.29 is 34.3 Å². The molecule has 0 amide bonds. The Labute approximate surface area is 238 Å². The molecule has 0 aromatic heterocycles. The number of aliphatic hydroxyl groups is 3. The van der Waals surface area contributed by atoms with Crippen molar-refractivity contribution in [1.29, 1.82) is 0 Å². The Morgan fingerprint density at radius 1 is 0.789 bits per heavy atom. The van der Waals surface area contributed by atoms with Gasteiger partial charge < -0.3 is 34.3 Å². The highest BCUT2D eigenvalue weighted by molar-refractivity contribution is 9.09. The summed E-state index contributed by atoms with van der Waals surface area (Å²) in [7, 11) is 0. The van der Waals surface area contributed by atoms with Crippen molar-refractivity contribution in [2.75, 3.05) is 0 Å². The number of hydrogen-bond acceptors (Lipinski definition) is 7. The van der Waals surface area contributed by atoms with Crippen molar-refractivity contribution >= 4 is 15.9 Å². The van der Waals surface area contributed by atoms with Gasteiger partial charge in [-0.15, -0.1) is 0 Å². The second-order valence-electron chi connectivity index (χ2n) is 14.7. The van der Waals surface area contributed by atoms with Crippen LogP contribution in [0, 0.1) is 0 Å². The zero-order valence-corrected chi connectivity index (χ0v) is 26.5. The molecule has 0 spiro atoms. The average molecular weight is 606 g/mol. The van der Waals surface area contributed by atoms with E-state index < -0.39 is 22.9 Å². The van der Waals surface area contributed by atoms with Crippen molar-refractivity contribution in [3.05, 3.63) is 0 Å². The molecule has 10 atom stereocenters. The zero-order chi connectivity index (χ0) is 28.4. The number of aliphatic hydroxyl groups excluding tert-OH is 1. The van der Waals surface area contributed by atoms with Crippen LogP contribution in [0.25, 0.3) is 0 Å². The molecule has 4 fully saturated rings. The third kappa shape index (κ3) is 6.18. The molecule has 7 nitrogen and oxygen atoms in total. The van der Waals surface area contributed by atoms with Crippen molar-refractivity contribution in [3.63, 3.8) is 0 Å². The smallest absolute Gasteiger partial charge is 0.0923 e. The Bertz CT molecular complexity index is 843. The Morgan fingerprint density at radius 2 is 1.34 bits per heavy atom. The van der Waals surface area contributed by atoms with Gasteiger partial charge in [0.2, 0.25) is 0 Å². The van der Waals surface area contributed by atoms with E-state index in [1.165, 1.54) is 0 Å². The van der Waals surface area contributed by atoms with Gasteiger partial charge in [-0.3, -0.25) is 0 Å². The Hall–Kier alpha value is 0.200. The first-order chi connectivity index (χ1) is 17.3. The maximum Gasteiger partial charge on any atom is 0.0923 e. The first-order valence-electron chi connectivity index (χ1n) is 14.8. The predicted octanol–water partition coefficient (Wildman–Crippen LogP) is 5.18. The summed E-state index contributed by atoms with van der Waals surface area (Å²) in [5.41, 5.74) is -3.68. The zero-order valence-electron chi connectivity index (χ0n) is 24.9. The maximum absolute atomic E-state index is 11.2. The number of hydrogen-bond donors (Lipinski definition) is 3. The lowest BCUT2D eigenvalue weighted by atomic mass is 9.75. The van der Waals surface area contributed by atoms with Crippen LogP contribution < -0.4 is 0 Å². The van der Waals surface area contributed by atoms with Gasteiger partial charge in [0.25, 0.3) is 0 Å². The SMILES string of the molecule is CC(C)(O)[C@@H](O)CC[C@@](C)(O)[C@@H]1CC[C@@](C)([C@H]2CC[C@H]3O[C@@H]([C@]4(C)CC[C@@H](Br)C(C)(C)O4)CC[C@]3(C)O2)O1. The summed E-state index contributed by atoms with van der Waals surface area (Å²) < 4.78 is 26.8. The van der Waals surface area contributed by atoms with Gasteiger partial charge in [0, 0.05) is 4.83 Å². The van der Waals surface area contributed by atoms with E-state index in [0.29, 0.717) is 17.7 Å². The molecule has 0 aromatic rings. The van der Waals surface area contributed by atoms with E-state index in [-0.39, 0.29) is 41.2 Å². The summed E-state index contributed by atoms with van der Waals surface area (Å²) in [6.07, 6.45) is 6.61. The maximum atomic E-state index is 11.2. The molecule has 8 heteroatoms. The average Bonchev–Trinajstić information content (AvgIpc) is 3.22. The number of fused-ring (bicyclic) bond motifs is 1. The first kappa shape index (κ1) is 31.1. The Morgan fingerprint density at radius 3 is 1.97 bits per heavy atom. The van der Waals surface area contributed by atoms with Crippen molar-refractivity contribution in [2.45, 2.75) is 189 Å². The lowest BCUT2D eigenvalue weighted by Gasteiger charge is -2.56. The lowest BCUT2D eigenvalue weighted by molar-refractivity contribution is -0.304. The standard InChI is InChI=1S/C30H53BrO7/c1-25(2,33)20(32)12-15-27(5,34)21-13-17-29(7,36-21)24-10-9-22-28(6,37-24)18-14-23(35-22)30(8)16-11-19(31)26(3,4)38-30/h19-24,32-34H,9-18H2,1-8H3/t19-,20+,21+,22-,23-,24-,27-,28+,29+,30+/m1/s1. The van der Waals surface area contributed by atoms with Crippen LogP contribution in [0.15, 0.2) is 0 Å². The normalized spacial score (nSPS) is 46.3. The molecule has 0 unspecified atom stereocenters. The van der Waals surface area contributed by atoms with Crippen molar-refractivity contribution in [3.8, 4) is 0 Å². The van der Waals surface area contributed by atoms with E-state index in [0.717, 1.165) is 51.4 Å². The van der Waals surface area contributed by atoms with E-state index >= 15 is 0 Å². The fraction of sp³-hybridized carbons (Fsp3) is 1.00. The molecule has 0 bridgehead atoms. The molecule has 4 heterocycles. The van der Waals surface area contributed by atoms with Gasteiger partial charge in [0.15, 0.2) is 0 Å². The molecule has 38 heavy (non-hydrogen) atoms. The van der Waals surface area contributed by atoms with Gasteiger partial charge in [-0.2, -0.15) is 0 Å². The Balaban J connectivity index is 1.36. The minimum absolute atomic E-state index is 0.0231. The van der Waals surface area contributed by atoms with Crippen molar-refractivity contribution in [1.82, 2.24) is 0 Å². The fourth-order valence-electron chi connectivity index (χ4n) is 7.24.